The van der Waals surface area contributed by atoms with Crippen LogP contribution in [0.4, 0.5) is 17.6 Å². The zero-order valence-electron chi connectivity index (χ0n) is 13.5. The number of halogens is 4. The molecule has 26 heavy (non-hydrogen) atoms. The summed E-state index contributed by atoms with van der Waals surface area (Å²) < 4.78 is 51.0. The Hall–Kier alpha value is -2.90. The summed E-state index contributed by atoms with van der Waals surface area (Å²) in [6, 6.07) is 8.62. The fourth-order valence-corrected chi connectivity index (χ4v) is 2.37. The average molecular weight is 368 g/mol. The number of rotatable bonds is 6. The maximum atomic E-state index is 12.9. The Morgan fingerprint density at radius 3 is 2.27 bits per heavy atom. The van der Waals surface area contributed by atoms with Gasteiger partial charge in [0, 0.05) is 6.42 Å². The molecule has 2 aromatic carbocycles. The van der Waals surface area contributed by atoms with E-state index in [1.807, 2.05) is 0 Å². The van der Waals surface area contributed by atoms with Crippen molar-refractivity contribution in [1.82, 2.24) is 5.32 Å². The Labute approximate surface area is 147 Å². The van der Waals surface area contributed by atoms with Crippen molar-refractivity contribution in [2.75, 3.05) is 0 Å². The second kappa shape index (κ2) is 7.99. The van der Waals surface area contributed by atoms with Crippen LogP contribution in [0.2, 0.25) is 0 Å². The van der Waals surface area contributed by atoms with E-state index in [0.717, 1.165) is 12.1 Å². The van der Waals surface area contributed by atoms with Crippen molar-refractivity contribution in [2.24, 2.45) is 5.73 Å². The molecule has 138 valence electrons. The van der Waals surface area contributed by atoms with Gasteiger partial charge in [0.2, 0.25) is 11.8 Å². The van der Waals surface area contributed by atoms with Gasteiger partial charge in [0.1, 0.15) is 11.9 Å². The summed E-state index contributed by atoms with van der Waals surface area (Å²) >= 11 is 0. The number of nitrogens with two attached hydrogens (primary N) is 1. The molecule has 8 heteroatoms. The van der Waals surface area contributed by atoms with Gasteiger partial charge in [0.05, 0.1) is 12.0 Å². The number of amides is 2. The highest BCUT2D eigenvalue weighted by atomic mass is 19.4. The first-order chi connectivity index (χ1) is 12.1. The number of carbonyl (C=O) groups excluding carboxylic acids is 2. The van der Waals surface area contributed by atoms with E-state index in [0.29, 0.717) is 5.56 Å². The molecule has 4 nitrogen and oxygen atoms in total. The predicted molar refractivity (Wildman–Crippen MR) is 86.4 cm³/mol. The number of alkyl halides is 3. The summed E-state index contributed by atoms with van der Waals surface area (Å²) in [5.41, 5.74) is 5.13. The van der Waals surface area contributed by atoms with Crippen molar-refractivity contribution < 1.29 is 27.2 Å². The van der Waals surface area contributed by atoms with Crippen LogP contribution >= 0.6 is 0 Å². The largest absolute Gasteiger partial charge is 0.416 e. The first-order valence-corrected chi connectivity index (χ1v) is 7.64. The minimum Gasteiger partial charge on any atom is -0.368 e. The van der Waals surface area contributed by atoms with E-state index in [1.165, 1.54) is 36.4 Å². The quantitative estimate of drug-likeness (QED) is 0.770. The number of primary amides is 1. The summed E-state index contributed by atoms with van der Waals surface area (Å²) in [5.74, 6) is -1.89. The van der Waals surface area contributed by atoms with Gasteiger partial charge < -0.3 is 11.1 Å². The molecule has 0 saturated carbocycles. The summed E-state index contributed by atoms with van der Waals surface area (Å²) in [7, 11) is 0. The van der Waals surface area contributed by atoms with Gasteiger partial charge >= 0.3 is 6.18 Å². The number of nitrogens with one attached hydrogen (secondary N) is 1. The Morgan fingerprint density at radius 1 is 1.04 bits per heavy atom. The SMILES string of the molecule is NC(=O)[C@H](Cc1ccc(F)cc1)NC(=O)Cc1cccc(C(F)(F)F)c1. The van der Waals surface area contributed by atoms with E-state index in [4.69, 9.17) is 5.73 Å². The zero-order chi connectivity index (χ0) is 19.3. The summed E-state index contributed by atoms with van der Waals surface area (Å²) in [4.78, 5) is 23.6. The lowest BCUT2D eigenvalue weighted by atomic mass is 10.0. The molecule has 0 aromatic heterocycles. The van der Waals surface area contributed by atoms with Crippen LogP contribution in [0.5, 0.6) is 0 Å². The maximum Gasteiger partial charge on any atom is 0.416 e. The first kappa shape index (κ1) is 19.4. The Bertz CT molecular complexity index is 789. The van der Waals surface area contributed by atoms with Gasteiger partial charge in [-0.3, -0.25) is 9.59 Å². The van der Waals surface area contributed by atoms with Crippen LogP contribution in [-0.4, -0.2) is 17.9 Å². The second-order valence-corrected chi connectivity index (χ2v) is 5.73. The lowest BCUT2D eigenvalue weighted by Crippen LogP contribution is -2.46. The molecule has 0 unspecified atom stereocenters. The number of hydrogen-bond acceptors (Lipinski definition) is 2. The molecule has 2 amide bonds. The summed E-state index contributed by atoms with van der Waals surface area (Å²) in [5, 5.41) is 2.40. The topological polar surface area (TPSA) is 72.2 Å². The minimum atomic E-state index is -4.51. The van der Waals surface area contributed by atoms with Crippen LogP contribution in [0.1, 0.15) is 16.7 Å². The Morgan fingerprint density at radius 2 is 1.69 bits per heavy atom. The van der Waals surface area contributed by atoms with Gasteiger partial charge in [-0.25, -0.2) is 4.39 Å². The molecule has 0 radical (unpaired) electrons. The summed E-state index contributed by atoms with van der Waals surface area (Å²) in [6.07, 6.45) is -4.80. The lowest BCUT2D eigenvalue weighted by molar-refractivity contribution is -0.137. The van der Waals surface area contributed by atoms with E-state index >= 15 is 0 Å². The molecule has 2 aromatic rings. The van der Waals surface area contributed by atoms with Crippen molar-refractivity contribution >= 4 is 11.8 Å². The molecule has 0 heterocycles. The van der Waals surface area contributed by atoms with Gasteiger partial charge in [-0.2, -0.15) is 13.2 Å². The van der Waals surface area contributed by atoms with Crippen LogP contribution < -0.4 is 11.1 Å². The number of benzene rings is 2. The van der Waals surface area contributed by atoms with Crippen molar-refractivity contribution in [3.8, 4) is 0 Å². The molecule has 0 fully saturated rings. The zero-order valence-corrected chi connectivity index (χ0v) is 13.5. The highest BCUT2D eigenvalue weighted by Gasteiger charge is 2.30. The monoisotopic (exact) mass is 368 g/mol. The standard InChI is InChI=1S/C18H16F4N2O2/c19-14-6-4-11(5-7-14)9-15(17(23)26)24-16(25)10-12-2-1-3-13(8-12)18(20,21)22/h1-8,15H,9-10H2,(H2,23,26)(H,24,25)/t15-/m0/s1. The van der Waals surface area contributed by atoms with Crippen LogP contribution in [-0.2, 0) is 28.6 Å². The van der Waals surface area contributed by atoms with Crippen LogP contribution in [0.25, 0.3) is 0 Å². The molecule has 0 aliphatic carbocycles. The molecule has 0 spiro atoms. The van der Waals surface area contributed by atoms with Crippen LogP contribution in [0, 0.1) is 5.82 Å². The molecule has 3 N–H and O–H groups in total. The van der Waals surface area contributed by atoms with E-state index < -0.39 is 35.4 Å². The highest BCUT2D eigenvalue weighted by Crippen LogP contribution is 2.29. The molecular weight excluding hydrogens is 352 g/mol. The van der Waals surface area contributed by atoms with Gasteiger partial charge in [0.15, 0.2) is 0 Å². The Kier molecular flexibility index (Phi) is 5.97. The predicted octanol–water partition coefficient (Wildman–Crippen LogP) is 2.60. The van der Waals surface area contributed by atoms with Crippen molar-refractivity contribution in [3.05, 3.63) is 71.0 Å². The fourth-order valence-electron chi connectivity index (χ4n) is 2.37. The molecule has 0 aliphatic rings. The third-order valence-electron chi connectivity index (χ3n) is 3.65. The maximum absolute atomic E-state index is 12.9. The third-order valence-corrected chi connectivity index (χ3v) is 3.65. The molecule has 2 rings (SSSR count). The van der Waals surface area contributed by atoms with E-state index in [9.17, 15) is 27.2 Å². The molecule has 0 bridgehead atoms. The fraction of sp³-hybridized carbons (Fsp3) is 0.222. The summed E-state index contributed by atoms with van der Waals surface area (Å²) in [6.45, 7) is 0. The van der Waals surface area contributed by atoms with Crippen molar-refractivity contribution in [3.63, 3.8) is 0 Å². The molecule has 0 aliphatic heterocycles. The Balaban J connectivity index is 2.04. The van der Waals surface area contributed by atoms with Gasteiger partial charge in [-0.1, -0.05) is 30.3 Å². The van der Waals surface area contributed by atoms with E-state index in [2.05, 4.69) is 5.32 Å². The second-order valence-electron chi connectivity index (χ2n) is 5.73. The normalized spacial score (nSPS) is 12.5. The lowest BCUT2D eigenvalue weighted by Gasteiger charge is -2.16. The highest BCUT2D eigenvalue weighted by molar-refractivity contribution is 5.87. The third kappa shape index (κ3) is 5.58. The molecule has 0 saturated heterocycles. The van der Waals surface area contributed by atoms with Crippen molar-refractivity contribution in [1.29, 1.82) is 0 Å². The number of hydrogen-bond donors (Lipinski definition) is 2. The van der Waals surface area contributed by atoms with E-state index in [1.54, 1.807) is 0 Å². The minimum absolute atomic E-state index is 0.0456. The van der Waals surface area contributed by atoms with Gasteiger partial charge in [-0.05, 0) is 29.3 Å². The molecular formula is C18H16F4N2O2. The number of carbonyl (C=O) groups is 2. The van der Waals surface area contributed by atoms with Crippen LogP contribution in [0.15, 0.2) is 48.5 Å². The average Bonchev–Trinajstić information content (AvgIpc) is 2.55. The van der Waals surface area contributed by atoms with Gasteiger partial charge in [-0.15, -0.1) is 0 Å². The van der Waals surface area contributed by atoms with Crippen molar-refractivity contribution in [2.45, 2.75) is 25.1 Å². The first-order valence-electron chi connectivity index (χ1n) is 7.64. The van der Waals surface area contributed by atoms with Gasteiger partial charge in [0.25, 0.3) is 0 Å². The molecule has 1 atom stereocenters. The van der Waals surface area contributed by atoms with E-state index in [-0.39, 0.29) is 18.4 Å². The van der Waals surface area contributed by atoms with Crippen LogP contribution in [0.3, 0.4) is 0 Å². The smallest absolute Gasteiger partial charge is 0.368 e.